The van der Waals surface area contributed by atoms with Crippen LogP contribution in [-0.2, 0) is 5.75 Å². The smallest absolute Gasteiger partial charge is 0.237 e. The fraction of sp³-hybridized carbons (Fsp3) is 0.190. The third-order valence-electron chi connectivity index (χ3n) is 4.23. The average molecular weight is 392 g/mol. The van der Waals surface area contributed by atoms with Crippen LogP contribution in [0.25, 0.3) is 17.1 Å². The molecule has 0 atom stereocenters. The molecule has 0 amide bonds. The standard InChI is InChI=1S/C21H20N4O2S/c1-14-10-15(2)12-16(11-14)25-9-8-22-21(25)28-13-19-23-20(24-27-19)17-6-4-5-7-18(17)26-3/h4-12H,13H2,1-3H3. The summed E-state index contributed by atoms with van der Waals surface area (Å²) < 4.78 is 12.9. The van der Waals surface area contributed by atoms with Crippen LogP contribution in [0.4, 0.5) is 0 Å². The number of methoxy groups -OCH3 is 1. The Morgan fingerprint density at radius 1 is 1.11 bits per heavy atom. The molecule has 0 fully saturated rings. The molecule has 0 radical (unpaired) electrons. The summed E-state index contributed by atoms with van der Waals surface area (Å²) in [5, 5.41) is 4.97. The first-order valence-electron chi connectivity index (χ1n) is 8.85. The van der Waals surface area contributed by atoms with Crippen molar-refractivity contribution in [1.29, 1.82) is 0 Å². The van der Waals surface area contributed by atoms with Crippen LogP contribution in [0.1, 0.15) is 17.0 Å². The van der Waals surface area contributed by atoms with Gasteiger partial charge in [-0.15, -0.1) is 0 Å². The van der Waals surface area contributed by atoms with Gasteiger partial charge in [0.25, 0.3) is 0 Å². The number of hydrogen-bond donors (Lipinski definition) is 0. The van der Waals surface area contributed by atoms with Gasteiger partial charge in [0.15, 0.2) is 5.16 Å². The van der Waals surface area contributed by atoms with Crippen LogP contribution in [-0.4, -0.2) is 26.8 Å². The molecular weight excluding hydrogens is 372 g/mol. The summed E-state index contributed by atoms with van der Waals surface area (Å²) in [6.07, 6.45) is 3.76. The molecule has 0 aliphatic rings. The Morgan fingerprint density at radius 2 is 1.89 bits per heavy atom. The van der Waals surface area contributed by atoms with Crippen molar-refractivity contribution in [2.75, 3.05) is 7.11 Å². The lowest BCUT2D eigenvalue weighted by Crippen LogP contribution is -1.97. The number of ether oxygens (including phenoxy) is 1. The van der Waals surface area contributed by atoms with Crippen LogP contribution in [0.3, 0.4) is 0 Å². The molecule has 0 bridgehead atoms. The average Bonchev–Trinajstić information content (AvgIpc) is 3.35. The fourth-order valence-electron chi connectivity index (χ4n) is 3.06. The molecule has 0 spiro atoms. The van der Waals surface area contributed by atoms with Gasteiger partial charge in [-0.25, -0.2) is 4.98 Å². The van der Waals surface area contributed by atoms with E-state index in [0.29, 0.717) is 23.2 Å². The molecule has 28 heavy (non-hydrogen) atoms. The number of aryl methyl sites for hydroxylation is 2. The van der Waals surface area contributed by atoms with Gasteiger partial charge in [-0.3, -0.25) is 4.57 Å². The summed E-state index contributed by atoms with van der Waals surface area (Å²) in [5.41, 5.74) is 4.34. The predicted molar refractivity (Wildman–Crippen MR) is 109 cm³/mol. The van der Waals surface area contributed by atoms with Gasteiger partial charge in [0.1, 0.15) is 5.75 Å². The van der Waals surface area contributed by atoms with E-state index in [4.69, 9.17) is 9.26 Å². The molecule has 7 heteroatoms. The van der Waals surface area contributed by atoms with E-state index in [1.165, 1.54) is 11.1 Å². The minimum atomic E-state index is 0.519. The molecule has 4 rings (SSSR count). The number of hydrogen-bond acceptors (Lipinski definition) is 6. The van der Waals surface area contributed by atoms with Crippen molar-refractivity contribution in [3.63, 3.8) is 0 Å². The van der Waals surface area contributed by atoms with Crippen molar-refractivity contribution in [2.24, 2.45) is 0 Å². The highest BCUT2D eigenvalue weighted by Crippen LogP contribution is 2.29. The molecule has 0 saturated heterocycles. The van der Waals surface area contributed by atoms with Crippen molar-refractivity contribution in [3.8, 4) is 22.8 Å². The lowest BCUT2D eigenvalue weighted by molar-refractivity contribution is 0.390. The maximum atomic E-state index is 5.43. The Balaban J connectivity index is 1.52. The van der Waals surface area contributed by atoms with Gasteiger partial charge in [0, 0.05) is 18.1 Å². The van der Waals surface area contributed by atoms with Gasteiger partial charge >= 0.3 is 0 Å². The minimum absolute atomic E-state index is 0.519. The van der Waals surface area contributed by atoms with E-state index >= 15 is 0 Å². The summed E-state index contributed by atoms with van der Waals surface area (Å²) in [6.45, 7) is 4.19. The van der Waals surface area contributed by atoms with Crippen LogP contribution in [0, 0.1) is 13.8 Å². The Labute approximate surface area is 167 Å². The van der Waals surface area contributed by atoms with Crippen LogP contribution < -0.4 is 4.74 Å². The van der Waals surface area contributed by atoms with E-state index in [9.17, 15) is 0 Å². The lowest BCUT2D eigenvalue weighted by Gasteiger charge is -2.09. The first kappa shape index (κ1) is 18.3. The molecule has 4 aromatic rings. The molecule has 0 saturated carbocycles. The third kappa shape index (κ3) is 3.80. The highest BCUT2D eigenvalue weighted by molar-refractivity contribution is 7.98. The second kappa shape index (κ2) is 7.90. The molecule has 0 unspecified atom stereocenters. The second-order valence-corrected chi connectivity index (χ2v) is 7.37. The summed E-state index contributed by atoms with van der Waals surface area (Å²) in [4.78, 5) is 8.98. The van der Waals surface area contributed by atoms with Crippen molar-refractivity contribution in [1.82, 2.24) is 19.7 Å². The monoisotopic (exact) mass is 392 g/mol. The maximum Gasteiger partial charge on any atom is 0.237 e. The van der Waals surface area contributed by atoms with Gasteiger partial charge in [0.05, 0.1) is 18.4 Å². The Bertz CT molecular complexity index is 1080. The van der Waals surface area contributed by atoms with Crippen molar-refractivity contribution in [2.45, 2.75) is 24.8 Å². The SMILES string of the molecule is COc1ccccc1-c1noc(CSc2nccn2-c2cc(C)cc(C)c2)n1. The Morgan fingerprint density at radius 3 is 2.68 bits per heavy atom. The molecular formula is C21H20N4O2S. The number of para-hydroxylation sites is 1. The third-order valence-corrected chi connectivity index (χ3v) is 5.18. The molecule has 0 N–H and O–H groups in total. The largest absolute Gasteiger partial charge is 0.496 e. The van der Waals surface area contributed by atoms with Crippen molar-refractivity contribution >= 4 is 11.8 Å². The molecule has 0 aliphatic carbocycles. The highest BCUT2D eigenvalue weighted by Gasteiger charge is 2.14. The predicted octanol–water partition coefficient (Wildman–Crippen LogP) is 4.84. The number of imidazole rings is 1. The van der Waals surface area contributed by atoms with Gasteiger partial charge in [-0.1, -0.05) is 35.1 Å². The van der Waals surface area contributed by atoms with Crippen LogP contribution in [0.15, 0.2) is 64.5 Å². The number of benzene rings is 2. The van der Waals surface area contributed by atoms with Gasteiger partial charge in [-0.05, 0) is 49.2 Å². The van der Waals surface area contributed by atoms with E-state index in [-0.39, 0.29) is 0 Å². The normalized spacial score (nSPS) is 11.0. The van der Waals surface area contributed by atoms with Gasteiger partial charge in [-0.2, -0.15) is 4.98 Å². The van der Waals surface area contributed by atoms with Crippen LogP contribution in [0.5, 0.6) is 5.75 Å². The first-order chi connectivity index (χ1) is 13.6. The Kier molecular flexibility index (Phi) is 5.16. The van der Waals surface area contributed by atoms with Gasteiger partial charge in [0.2, 0.25) is 11.7 Å². The second-order valence-electron chi connectivity index (χ2n) is 6.43. The zero-order valence-electron chi connectivity index (χ0n) is 15.9. The quantitative estimate of drug-likeness (QED) is 0.438. The summed E-state index contributed by atoms with van der Waals surface area (Å²) in [5.74, 6) is 2.31. The number of rotatable bonds is 6. The number of aromatic nitrogens is 4. The number of nitrogens with zero attached hydrogens (tertiary/aromatic N) is 4. The van der Waals surface area contributed by atoms with Crippen LogP contribution >= 0.6 is 11.8 Å². The molecule has 0 aliphatic heterocycles. The van der Waals surface area contributed by atoms with Gasteiger partial charge < -0.3 is 9.26 Å². The number of thioether (sulfide) groups is 1. The van der Waals surface area contributed by atoms with Crippen LogP contribution in [0.2, 0.25) is 0 Å². The zero-order valence-corrected chi connectivity index (χ0v) is 16.7. The topological polar surface area (TPSA) is 66.0 Å². The molecule has 2 heterocycles. The molecule has 6 nitrogen and oxygen atoms in total. The summed E-state index contributed by atoms with van der Waals surface area (Å²) in [6, 6.07) is 14.1. The first-order valence-corrected chi connectivity index (χ1v) is 9.83. The van der Waals surface area contributed by atoms with Crippen molar-refractivity contribution in [3.05, 3.63) is 71.9 Å². The lowest BCUT2D eigenvalue weighted by atomic mass is 10.1. The fourth-order valence-corrected chi connectivity index (χ4v) is 3.87. The van der Waals surface area contributed by atoms with E-state index in [0.717, 1.165) is 16.4 Å². The van der Waals surface area contributed by atoms with Crippen molar-refractivity contribution < 1.29 is 9.26 Å². The van der Waals surface area contributed by atoms with E-state index in [1.54, 1.807) is 25.1 Å². The summed E-state index contributed by atoms with van der Waals surface area (Å²) in [7, 11) is 1.63. The highest BCUT2D eigenvalue weighted by atomic mass is 32.2. The zero-order chi connectivity index (χ0) is 19.5. The molecule has 2 aromatic carbocycles. The van der Waals surface area contributed by atoms with E-state index in [2.05, 4.69) is 51.7 Å². The maximum absolute atomic E-state index is 5.43. The minimum Gasteiger partial charge on any atom is -0.496 e. The Hall–Kier alpha value is -3.06. The molecule has 2 aromatic heterocycles. The van der Waals surface area contributed by atoms with E-state index < -0.39 is 0 Å². The summed E-state index contributed by atoms with van der Waals surface area (Å²) >= 11 is 1.56. The van der Waals surface area contributed by atoms with E-state index in [1.807, 2.05) is 30.5 Å². The molecule has 142 valence electrons.